The van der Waals surface area contributed by atoms with Gasteiger partial charge in [-0.25, -0.2) is 4.79 Å². The second-order valence-electron chi connectivity index (χ2n) is 7.47. The molecule has 1 unspecified atom stereocenters. The first-order valence-corrected chi connectivity index (χ1v) is 11.7. The lowest BCUT2D eigenvalue weighted by molar-refractivity contribution is -0.670. The highest BCUT2D eigenvalue weighted by molar-refractivity contribution is 7.80. The van der Waals surface area contributed by atoms with Gasteiger partial charge < -0.3 is 35.6 Å². The molecule has 4 heterocycles. The number of nitrogens with zero attached hydrogens (tertiary/aromatic N) is 2. The molecule has 3 aliphatic rings. The molecular weight excluding hydrogens is 454 g/mol. The van der Waals surface area contributed by atoms with Crippen LogP contribution in [0, 0.1) is 0 Å². The smallest absolute Gasteiger partial charge is 0.337 e. The van der Waals surface area contributed by atoms with Gasteiger partial charge in [0.1, 0.15) is 11.6 Å². The van der Waals surface area contributed by atoms with E-state index < -0.39 is 11.9 Å². The summed E-state index contributed by atoms with van der Waals surface area (Å²) in [4.78, 5) is 16.7. The fraction of sp³-hybridized carbons (Fsp3) is 0.458. The van der Waals surface area contributed by atoms with E-state index in [0.29, 0.717) is 27.4 Å². The molecule has 184 valence electrons. The summed E-state index contributed by atoms with van der Waals surface area (Å²) >= 11 is 5.21. The van der Waals surface area contributed by atoms with Crippen molar-refractivity contribution in [1.82, 2.24) is 15.6 Å². The van der Waals surface area contributed by atoms with Crippen LogP contribution in [0.2, 0.25) is 0 Å². The number of carbonyl (C=O) groups is 1. The van der Waals surface area contributed by atoms with Crippen LogP contribution in [0.3, 0.4) is 0 Å². The van der Waals surface area contributed by atoms with Gasteiger partial charge in [0.2, 0.25) is 0 Å². The van der Waals surface area contributed by atoms with E-state index in [1.807, 2.05) is 0 Å². The highest BCUT2D eigenvalue weighted by Crippen LogP contribution is 2.36. The number of allylic oxidation sites excluding steroid dienone is 1. The number of morpholine rings is 2. The molecule has 0 bridgehead atoms. The van der Waals surface area contributed by atoms with Crippen LogP contribution in [-0.2, 0) is 19.0 Å². The summed E-state index contributed by atoms with van der Waals surface area (Å²) in [5, 5.41) is 17.7. The van der Waals surface area contributed by atoms with Crippen LogP contribution in [0.1, 0.15) is 18.4 Å². The molecule has 34 heavy (non-hydrogen) atoms. The lowest BCUT2D eigenvalue weighted by Gasteiger charge is -2.30. The van der Waals surface area contributed by atoms with Gasteiger partial charge in [0.25, 0.3) is 0 Å². The van der Waals surface area contributed by atoms with Gasteiger partial charge in [0, 0.05) is 36.8 Å². The predicted molar refractivity (Wildman–Crippen MR) is 135 cm³/mol. The zero-order valence-corrected chi connectivity index (χ0v) is 20.4. The molecule has 0 amide bonds. The highest BCUT2D eigenvalue weighted by atomic mass is 32.1. The Morgan fingerprint density at radius 2 is 2.06 bits per heavy atom. The summed E-state index contributed by atoms with van der Waals surface area (Å²) in [5.74, 6) is 1.00. The third kappa shape index (κ3) is 8.90. The maximum Gasteiger partial charge on any atom is 0.337 e. The van der Waals surface area contributed by atoms with Crippen molar-refractivity contribution in [2.45, 2.75) is 12.8 Å². The first-order chi connectivity index (χ1) is 16.6. The van der Waals surface area contributed by atoms with Crippen LogP contribution >= 0.6 is 12.2 Å². The van der Waals surface area contributed by atoms with Crippen molar-refractivity contribution in [3.8, 4) is 0 Å². The summed E-state index contributed by atoms with van der Waals surface area (Å²) in [6.45, 7) is 13.4. The number of aromatic nitrogens is 1. The quantitative estimate of drug-likeness (QED) is 0.184. The Morgan fingerprint density at radius 1 is 1.35 bits per heavy atom. The number of hydrogen-bond donors (Lipinski definition) is 3. The molecule has 2 fully saturated rings. The number of nitrogens with two attached hydrogens (primary N) is 1. The van der Waals surface area contributed by atoms with E-state index in [2.05, 4.69) is 33.4 Å². The SMILES string of the molecule is C1COCCN1.C1COCC[NH2+]1.C=CCOC(=O)C1=C(C)NC(=S)C(=C=[N-])C1c1cccnc1. The molecule has 1 aromatic heterocycles. The molecular formula is C24H33N5O4S. The lowest BCUT2D eigenvalue weighted by atomic mass is 9.82. The number of thiocarbonyl (C=S) groups is 1. The zero-order valence-electron chi connectivity index (χ0n) is 19.5. The van der Waals surface area contributed by atoms with Gasteiger partial charge >= 0.3 is 5.97 Å². The number of nitrogens with one attached hydrogen (secondary N) is 2. The number of esters is 1. The first kappa shape index (κ1) is 27.5. The van der Waals surface area contributed by atoms with Crippen LogP contribution < -0.4 is 16.0 Å². The molecule has 3 aliphatic heterocycles. The van der Waals surface area contributed by atoms with Gasteiger partial charge in [-0.15, -0.1) is 0 Å². The molecule has 0 aromatic carbocycles. The molecule has 0 aliphatic carbocycles. The highest BCUT2D eigenvalue weighted by Gasteiger charge is 2.34. The lowest BCUT2D eigenvalue weighted by Crippen LogP contribution is -2.87. The third-order valence-corrected chi connectivity index (χ3v) is 5.32. The molecule has 2 saturated heterocycles. The minimum atomic E-state index is -0.579. The van der Waals surface area contributed by atoms with Crippen LogP contribution in [0.4, 0.5) is 0 Å². The van der Waals surface area contributed by atoms with Crippen molar-refractivity contribution < 1.29 is 24.3 Å². The molecule has 0 spiro atoms. The number of ether oxygens (including phenoxy) is 3. The van der Waals surface area contributed by atoms with Crippen molar-refractivity contribution in [2.75, 3.05) is 59.2 Å². The topological polar surface area (TPSA) is 121 Å². The summed E-state index contributed by atoms with van der Waals surface area (Å²) in [6.07, 6.45) is 4.73. The Kier molecular flexibility index (Phi) is 13.0. The summed E-state index contributed by atoms with van der Waals surface area (Å²) in [5.41, 5.74) is 1.96. The van der Waals surface area contributed by atoms with Crippen molar-refractivity contribution in [3.05, 3.63) is 65.0 Å². The molecule has 4 rings (SSSR count). The molecule has 0 radical (unpaired) electrons. The van der Waals surface area contributed by atoms with Crippen LogP contribution in [0.25, 0.3) is 5.41 Å². The van der Waals surface area contributed by atoms with Crippen LogP contribution in [0.5, 0.6) is 0 Å². The van der Waals surface area contributed by atoms with Crippen LogP contribution in [-0.4, -0.2) is 81.0 Å². The van der Waals surface area contributed by atoms with Crippen molar-refractivity contribution in [3.63, 3.8) is 0 Å². The Balaban J connectivity index is 0.000000274. The van der Waals surface area contributed by atoms with Gasteiger partial charge in [0.05, 0.1) is 51.0 Å². The fourth-order valence-corrected chi connectivity index (χ4v) is 3.69. The number of carbonyl (C=O) groups excluding carboxylic acids is 1. The number of rotatable bonds is 4. The van der Waals surface area contributed by atoms with Crippen molar-refractivity contribution >= 4 is 29.0 Å². The average molecular weight is 488 g/mol. The zero-order chi connectivity index (χ0) is 24.6. The second-order valence-corrected chi connectivity index (χ2v) is 7.87. The van der Waals surface area contributed by atoms with E-state index in [-0.39, 0.29) is 6.61 Å². The Labute approximate surface area is 206 Å². The summed E-state index contributed by atoms with van der Waals surface area (Å²) in [6, 6.07) is 3.55. The molecule has 4 N–H and O–H groups in total. The van der Waals surface area contributed by atoms with E-state index in [1.54, 1.807) is 31.5 Å². The molecule has 9 nitrogen and oxygen atoms in total. The largest absolute Gasteiger partial charge is 0.763 e. The van der Waals surface area contributed by atoms with E-state index in [4.69, 9.17) is 26.4 Å². The van der Waals surface area contributed by atoms with Gasteiger partial charge in [0.15, 0.2) is 0 Å². The predicted octanol–water partition coefficient (Wildman–Crippen LogP) is 0.451. The number of quaternary nitrogens is 1. The van der Waals surface area contributed by atoms with Crippen LogP contribution in [0.15, 0.2) is 54.0 Å². The Hall–Kier alpha value is -2.72. The maximum atomic E-state index is 12.4. The monoisotopic (exact) mass is 487 g/mol. The maximum absolute atomic E-state index is 12.4. The summed E-state index contributed by atoms with van der Waals surface area (Å²) < 4.78 is 15.2. The Morgan fingerprint density at radius 3 is 2.50 bits per heavy atom. The minimum absolute atomic E-state index is 0.0989. The standard InChI is InChI=1S/C16H14N3O2S.2C4H9NO/c1-3-7-21-16(20)13-10(2)19-15(22)12(8-17)14(13)11-5-4-6-18-9-11;2*1-3-6-4-2-5-1/h3-6,9,14H,1,7H2,2H3,(H,19,22);2*5H,1-4H2/q-1;;/p+1. The average Bonchev–Trinajstić information content (AvgIpc) is 2.90. The van der Waals surface area contributed by atoms with Gasteiger partial charge in [-0.05, 0) is 18.6 Å². The normalized spacial score (nSPS) is 19.9. The van der Waals surface area contributed by atoms with Crippen molar-refractivity contribution in [1.29, 1.82) is 0 Å². The number of hydrogen-bond acceptors (Lipinski definition) is 7. The molecule has 10 heteroatoms. The Bertz CT molecular complexity index is 857. The number of pyridine rings is 1. The van der Waals surface area contributed by atoms with E-state index in [0.717, 1.165) is 52.6 Å². The van der Waals surface area contributed by atoms with Gasteiger partial charge in [-0.1, -0.05) is 30.9 Å². The minimum Gasteiger partial charge on any atom is -0.763 e. The van der Waals surface area contributed by atoms with E-state index in [1.165, 1.54) is 6.08 Å². The second kappa shape index (κ2) is 16.0. The van der Waals surface area contributed by atoms with E-state index >= 15 is 0 Å². The third-order valence-electron chi connectivity index (χ3n) is 5.00. The van der Waals surface area contributed by atoms with Gasteiger partial charge in [-0.2, -0.15) is 0 Å². The fourth-order valence-electron chi connectivity index (χ4n) is 3.37. The molecule has 0 saturated carbocycles. The van der Waals surface area contributed by atoms with E-state index in [9.17, 15) is 10.2 Å². The molecule has 1 aromatic rings. The van der Waals surface area contributed by atoms with Crippen molar-refractivity contribution in [2.24, 2.45) is 0 Å². The van der Waals surface area contributed by atoms with Gasteiger partial charge in [-0.3, -0.25) is 10.9 Å². The molecule has 1 atom stereocenters. The summed E-state index contributed by atoms with van der Waals surface area (Å²) in [7, 11) is 0. The first-order valence-electron chi connectivity index (χ1n) is 11.2.